The molecular formula is C14H25N3S. The van der Waals surface area contributed by atoms with E-state index in [9.17, 15) is 0 Å². The van der Waals surface area contributed by atoms with Gasteiger partial charge in [0.2, 0.25) is 0 Å². The van der Waals surface area contributed by atoms with Crippen LogP contribution in [0.5, 0.6) is 0 Å². The molecule has 0 unspecified atom stereocenters. The molecule has 1 aromatic rings. The lowest BCUT2D eigenvalue weighted by molar-refractivity contribution is 0.340. The van der Waals surface area contributed by atoms with E-state index in [1.807, 2.05) is 18.4 Å². The van der Waals surface area contributed by atoms with Crippen molar-refractivity contribution in [3.63, 3.8) is 0 Å². The minimum Gasteiger partial charge on any atom is -0.348 e. The van der Waals surface area contributed by atoms with Crippen LogP contribution in [0.2, 0.25) is 0 Å². The predicted octanol–water partition coefficient (Wildman–Crippen LogP) is 3.19. The van der Waals surface area contributed by atoms with Crippen LogP contribution in [0.3, 0.4) is 0 Å². The summed E-state index contributed by atoms with van der Waals surface area (Å²) in [4.78, 5) is 8.50. The molecule has 102 valence electrons. The first-order chi connectivity index (χ1) is 8.61. The Labute approximate surface area is 115 Å². The monoisotopic (exact) mass is 267 g/mol. The number of nitrogens with zero attached hydrogens (tertiary/aromatic N) is 2. The zero-order valence-corrected chi connectivity index (χ0v) is 12.8. The van der Waals surface area contributed by atoms with E-state index in [0.717, 1.165) is 12.5 Å². The highest BCUT2D eigenvalue weighted by Gasteiger charge is 2.23. The number of aromatic nitrogens is 1. The van der Waals surface area contributed by atoms with E-state index in [-0.39, 0.29) is 0 Å². The number of nitrogens with one attached hydrogen (secondary N) is 1. The van der Waals surface area contributed by atoms with Crippen molar-refractivity contribution in [2.45, 2.75) is 52.1 Å². The molecule has 0 aromatic carbocycles. The van der Waals surface area contributed by atoms with Crippen molar-refractivity contribution in [2.24, 2.45) is 5.92 Å². The Balaban J connectivity index is 2.04. The molecule has 1 saturated carbocycles. The molecular weight excluding hydrogens is 242 g/mol. The van der Waals surface area contributed by atoms with Crippen LogP contribution in [0.15, 0.2) is 0 Å². The van der Waals surface area contributed by atoms with Crippen LogP contribution in [-0.2, 0) is 6.54 Å². The molecule has 1 N–H and O–H groups in total. The maximum Gasteiger partial charge on any atom is 0.185 e. The Morgan fingerprint density at radius 1 is 1.33 bits per heavy atom. The van der Waals surface area contributed by atoms with Gasteiger partial charge in [0.15, 0.2) is 5.13 Å². The lowest BCUT2D eigenvalue weighted by Crippen LogP contribution is -2.34. The molecule has 0 amide bonds. The van der Waals surface area contributed by atoms with Crippen LogP contribution in [0.1, 0.15) is 43.2 Å². The standard InChI is InChI=1S/C14H25N3S/c1-10-5-7-12(8-6-10)17(4)14-16-11(2)13(18-14)9-15-3/h10,12,15H,5-9H2,1-4H3. The number of aryl methyl sites for hydroxylation is 1. The Kier molecular flexibility index (Phi) is 4.62. The van der Waals surface area contributed by atoms with Crippen molar-refractivity contribution >= 4 is 16.5 Å². The van der Waals surface area contributed by atoms with E-state index in [1.165, 1.54) is 41.4 Å². The topological polar surface area (TPSA) is 28.2 Å². The highest BCUT2D eigenvalue weighted by Crippen LogP contribution is 2.32. The zero-order valence-electron chi connectivity index (χ0n) is 12.0. The Bertz CT molecular complexity index is 380. The molecule has 0 atom stereocenters. The quantitative estimate of drug-likeness (QED) is 0.908. The number of rotatable bonds is 4. The fourth-order valence-corrected chi connectivity index (χ4v) is 3.78. The van der Waals surface area contributed by atoms with Gasteiger partial charge in [-0.1, -0.05) is 6.92 Å². The Hall–Kier alpha value is -0.610. The minimum absolute atomic E-state index is 0.689. The van der Waals surface area contributed by atoms with E-state index < -0.39 is 0 Å². The third-order valence-corrected chi connectivity index (χ3v) is 5.30. The summed E-state index contributed by atoms with van der Waals surface area (Å²) in [5, 5.41) is 4.41. The van der Waals surface area contributed by atoms with Crippen LogP contribution >= 0.6 is 11.3 Å². The zero-order chi connectivity index (χ0) is 13.1. The van der Waals surface area contributed by atoms with E-state index in [4.69, 9.17) is 4.98 Å². The van der Waals surface area contributed by atoms with Crippen LogP contribution in [0.25, 0.3) is 0 Å². The van der Waals surface area contributed by atoms with Gasteiger partial charge < -0.3 is 10.2 Å². The number of hydrogen-bond acceptors (Lipinski definition) is 4. The lowest BCUT2D eigenvalue weighted by atomic mass is 9.87. The van der Waals surface area contributed by atoms with Crippen molar-refractivity contribution in [3.05, 3.63) is 10.6 Å². The summed E-state index contributed by atoms with van der Waals surface area (Å²) in [7, 11) is 4.20. The maximum atomic E-state index is 4.73. The highest BCUT2D eigenvalue weighted by molar-refractivity contribution is 7.15. The Morgan fingerprint density at radius 2 is 2.00 bits per heavy atom. The molecule has 0 bridgehead atoms. The first-order valence-corrected chi connectivity index (χ1v) is 7.77. The molecule has 0 saturated heterocycles. The molecule has 1 aliphatic carbocycles. The molecule has 4 heteroatoms. The molecule has 0 radical (unpaired) electrons. The van der Waals surface area contributed by atoms with Gasteiger partial charge in [-0.3, -0.25) is 0 Å². The molecule has 1 aromatic heterocycles. The molecule has 18 heavy (non-hydrogen) atoms. The van der Waals surface area contributed by atoms with Gasteiger partial charge in [-0.15, -0.1) is 11.3 Å². The van der Waals surface area contributed by atoms with E-state index in [1.54, 1.807) is 0 Å². The summed E-state index contributed by atoms with van der Waals surface area (Å²) in [6, 6.07) is 0.689. The molecule has 1 heterocycles. The van der Waals surface area contributed by atoms with Crippen molar-refractivity contribution in [1.82, 2.24) is 10.3 Å². The number of hydrogen-bond donors (Lipinski definition) is 1. The second-order valence-corrected chi connectivity index (χ2v) is 6.62. The summed E-state index contributed by atoms with van der Waals surface area (Å²) in [6.07, 6.45) is 5.36. The van der Waals surface area contributed by atoms with Crippen molar-refractivity contribution in [3.8, 4) is 0 Å². The van der Waals surface area contributed by atoms with Gasteiger partial charge in [0.25, 0.3) is 0 Å². The largest absolute Gasteiger partial charge is 0.348 e. The highest BCUT2D eigenvalue weighted by atomic mass is 32.1. The van der Waals surface area contributed by atoms with Crippen LogP contribution in [-0.4, -0.2) is 25.1 Å². The average molecular weight is 267 g/mol. The maximum absolute atomic E-state index is 4.73. The van der Waals surface area contributed by atoms with E-state index in [0.29, 0.717) is 6.04 Å². The Morgan fingerprint density at radius 3 is 2.61 bits per heavy atom. The second-order valence-electron chi connectivity index (χ2n) is 5.56. The van der Waals surface area contributed by atoms with Crippen molar-refractivity contribution in [1.29, 1.82) is 0 Å². The number of anilines is 1. The molecule has 1 fully saturated rings. The number of thiazole rings is 1. The fraction of sp³-hybridized carbons (Fsp3) is 0.786. The fourth-order valence-electron chi connectivity index (χ4n) is 2.67. The van der Waals surface area contributed by atoms with Crippen LogP contribution in [0, 0.1) is 12.8 Å². The second kappa shape index (κ2) is 6.02. The van der Waals surface area contributed by atoms with Crippen molar-refractivity contribution in [2.75, 3.05) is 19.0 Å². The molecule has 1 aliphatic rings. The summed E-state index contributed by atoms with van der Waals surface area (Å²) >= 11 is 1.84. The van der Waals surface area contributed by atoms with Gasteiger partial charge in [-0.2, -0.15) is 0 Å². The first-order valence-electron chi connectivity index (χ1n) is 6.95. The summed E-state index contributed by atoms with van der Waals surface area (Å²) in [5.41, 5.74) is 1.18. The van der Waals surface area contributed by atoms with Crippen molar-refractivity contribution < 1.29 is 0 Å². The van der Waals surface area contributed by atoms with Gasteiger partial charge in [-0.25, -0.2) is 4.98 Å². The third-order valence-electron chi connectivity index (χ3n) is 4.05. The normalized spacial score (nSPS) is 24.2. The lowest BCUT2D eigenvalue weighted by Gasteiger charge is -2.33. The molecule has 0 aliphatic heterocycles. The van der Waals surface area contributed by atoms with Gasteiger partial charge in [0.1, 0.15) is 0 Å². The van der Waals surface area contributed by atoms with Gasteiger partial charge in [0.05, 0.1) is 5.69 Å². The van der Waals surface area contributed by atoms with Gasteiger partial charge >= 0.3 is 0 Å². The predicted molar refractivity (Wildman–Crippen MR) is 79.4 cm³/mol. The van der Waals surface area contributed by atoms with Crippen LogP contribution < -0.4 is 10.2 Å². The first kappa shape index (κ1) is 13.8. The molecule has 2 rings (SSSR count). The van der Waals surface area contributed by atoms with E-state index >= 15 is 0 Å². The molecule has 0 spiro atoms. The van der Waals surface area contributed by atoms with E-state index in [2.05, 4.69) is 31.1 Å². The van der Waals surface area contributed by atoms with Crippen LogP contribution in [0.4, 0.5) is 5.13 Å². The minimum atomic E-state index is 0.689. The summed E-state index contributed by atoms with van der Waals surface area (Å²) in [6.45, 7) is 5.41. The smallest absolute Gasteiger partial charge is 0.185 e. The summed E-state index contributed by atoms with van der Waals surface area (Å²) < 4.78 is 0. The average Bonchev–Trinajstić information content (AvgIpc) is 2.72. The molecule has 3 nitrogen and oxygen atoms in total. The summed E-state index contributed by atoms with van der Waals surface area (Å²) in [5.74, 6) is 0.910. The third kappa shape index (κ3) is 3.04. The van der Waals surface area contributed by atoms with Gasteiger partial charge in [0, 0.05) is 24.5 Å². The SMILES string of the molecule is CNCc1sc(N(C)C2CCC(C)CC2)nc1C. The van der Waals surface area contributed by atoms with Gasteiger partial charge in [-0.05, 0) is 45.6 Å².